The van der Waals surface area contributed by atoms with E-state index in [9.17, 15) is 0 Å². The number of benzene rings is 8. The summed E-state index contributed by atoms with van der Waals surface area (Å²) in [6, 6.07) is 57.9. The fraction of sp³-hybridized carbons (Fsp3) is 0.419. The minimum atomic E-state index is 0.507. The summed E-state index contributed by atoms with van der Waals surface area (Å²) in [6.45, 7) is 39.8. The maximum absolute atomic E-state index is 2.54. The third-order valence-electron chi connectivity index (χ3n) is 31.2. The molecule has 8 aliphatic rings. The molecule has 4 nitrogen and oxygen atoms in total. The molecule has 8 aromatic carbocycles. The van der Waals surface area contributed by atoms with Crippen LogP contribution >= 0.6 is 0 Å². The zero-order valence-electron chi connectivity index (χ0n) is 77.7. The molecule has 0 bridgehead atoms. The zero-order chi connectivity index (χ0) is 85.0. The Kier molecular flexibility index (Phi) is 22.9. The van der Waals surface area contributed by atoms with Gasteiger partial charge in [-0.15, -0.1) is 0 Å². The van der Waals surface area contributed by atoms with Gasteiger partial charge in [-0.3, -0.25) is 0 Å². The lowest BCUT2D eigenvalue weighted by molar-refractivity contribution is -0.661. The highest BCUT2D eigenvalue weighted by Crippen LogP contribution is 2.53. The second kappa shape index (κ2) is 33.2. The number of pyridine rings is 4. The average molecular weight is 1600 g/mol. The molecule has 0 unspecified atom stereocenters. The van der Waals surface area contributed by atoms with Crippen molar-refractivity contribution in [3.05, 3.63) is 304 Å². The standard InChI is InChI=1S/2C30H36N.C29H34N.C28H32N/c1-19-8-7-9-23-16-26-24(28(19)23)11-10-20(2)29(26)27-17-25(21(3)18-31(27)6)22-12-14-30(4,5)15-13-22;1-19-15-20(2)29(26-16-23-9-7-8-10-24(23)28(19)26)27-17-25(21(3)18-31(27)6)22-11-13-30(4,5)14-12-22;1-19-10-11-24-23-9-7-6-8-22(23)16-26(24)28(19)27-17-25(20(2)18-30(27)5)21-12-14-29(3,4)15-13-21;1-18-9-8-12-22-23-14-13-19(2)28(25(23)16-24(18)22)27-15-20(3)26(17-29(27)4)21-10-6-5-7-11-21/h7-11,17-18,22H,12-16H2,1-6H3;7-10,15,17-18,22H,11-14,16H2,1-6H3;6-11,17-18,21H,12-16H2,1-5H3;8-9,12-15,17,21H,5-7,10-11,16H2,1-4H3/q4*+1. The molecule has 4 saturated carbocycles. The number of aryl methyl sites for hydroxylation is 15. The van der Waals surface area contributed by atoms with Crippen molar-refractivity contribution < 1.29 is 18.3 Å². The van der Waals surface area contributed by atoms with Crippen molar-refractivity contribution in [2.24, 2.45) is 44.4 Å². The Hall–Kier alpha value is -9.64. The van der Waals surface area contributed by atoms with Gasteiger partial charge in [0.2, 0.25) is 22.8 Å². The molecule has 0 radical (unpaired) electrons. The fourth-order valence-electron chi connectivity index (χ4n) is 24.1. The molecule has 0 saturated heterocycles. The number of hydrogen-bond acceptors (Lipinski definition) is 0. The summed E-state index contributed by atoms with van der Waals surface area (Å²) in [7, 11) is 8.91. The van der Waals surface area contributed by atoms with Gasteiger partial charge < -0.3 is 0 Å². The van der Waals surface area contributed by atoms with Crippen LogP contribution in [0.25, 0.3) is 89.5 Å². The second-order valence-electron chi connectivity index (χ2n) is 41.6. The highest BCUT2D eigenvalue weighted by atomic mass is 14.9. The van der Waals surface area contributed by atoms with E-state index in [1.54, 1.807) is 22.3 Å². The molecule has 12 aromatic rings. The normalized spacial score (nSPS) is 17.2. The van der Waals surface area contributed by atoms with Crippen molar-refractivity contribution in [1.29, 1.82) is 0 Å². The summed E-state index contributed by atoms with van der Waals surface area (Å²) >= 11 is 0. The number of nitrogens with zero attached hydrogens (tertiary/aromatic N) is 4. The van der Waals surface area contributed by atoms with Gasteiger partial charge in [0.1, 0.15) is 28.2 Å². The number of aromatic nitrogens is 4. The summed E-state index contributed by atoms with van der Waals surface area (Å²) in [5.74, 6) is 2.85. The lowest BCUT2D eigenvalue weighted by Crippen LogP contribution is -2.33. The minimum absolute atomic E-state index is 0.507. The van der Waals surface area contributed by atoms with E-state index >= 15 is 0 Å². The Labute approximate surface area is 728 Å². The van der Waals surface area contributed by atoms with Crippen molar-refractivity contribution in [3.8, 4) is 89.5 Å². The van der Waals surface area contributed by atoms with Crippen LogP contribution in [0.2, 0.25) is 0 Å². The Morgan fingerprint density at radius 1 is 0.231 bits per heavy atom. The van der Waals surface area contributed by atoms with Gasteiger partial charge in [0.15, 0.2) is 24.8 Å². The van der Waals surface area contributed by atoms with Gasteiger partial charge >= 0.3 is 0 Å². The Morgan fingerprint density at radius 2 is 0.579 bits per heavy atom. The maximum Gasteiger partial charge on any atom is 0.213 e. The summed E-state index contributed by atoms with van der Waals surface area (Å²) in [4.78, 5) is 0. The van der Waals surface area contributed by atoms with E-state index in [4.69, 9.17) is 0 Å². The molecule has 4 heterocycles. The predicted octanol–water partition coefficient (Wildman–Crippen LogP) is 28.5. The van der Waals surface area contributed by atoms with Gasteiger partial charge in [-0.2, -0.15) is 0 Å². The SMILES string of the molecule is Cc1c[n+](C)c(-c2c(C)cc(C)c3c2Cc2ccccc2-3)cc1C1CCC(C)(C)CC1.Cc1c[n+](C)c(-c2c(C)ccc3c2Cc2cccc(C)c2-3)cc1C1CCC(C)(C)CC1.Cc1c[n+](C)c(-c2c(C)ccc3c2Cc2ccccc2-3)cc1C1CCC(C)(C)CC1.Cc1cc(-c2c(C)ccc3c2Cc2c(C)cccc2-3)[n+](C)cc1C1CCCCC1. The highest BCUT2D eigenvalue weighted by Gasteiger charge is 2.38. The zero-order valence-corrected chi connectivity index (χ0v) is 77.7. The van der Waals surface area contributed by atoms with Gasteiger partial charge in [-0.05, 0) is 382 Å². The van der Waals surface area contributed by atoms with Crippen LogP contribution in [0.5, 0.6) is 0 Å². The molecule has 0 amide bonds. The van der Waals surface area contributed by atoms with Gasteiger partial charge in [0.25, 0.3) is 0 Å². The molecule has 0 atom stereocenters. The third kappa shape index (κ3) is 16.1. The lowest BCUT2D eigenvalue weighted by Gasteiger charge is -2.35. The van der Waals surface area contributed by atoms with E-state index in [0.29, 0.717) is 34.0 Å². The first-order valence-corrected chi connectivity index (χ1v) is 46.8. The van der Waals surface area contributed by atoms with Crippen LogP contribution in [0.3, 0.4) is 0 Å². The van der Waals surface area contributed by atoms with Gasteiger partial charge in [0.05, 0.1) is 22.3 Å². The van der Waals surface area contributed by atoms with Crippen LogP contribution in [-0.4, -0.2) is 0 Å². The summed E-state index contributed by atoms with van der Waals surface area (Å²) in [5.41, 5.74) is 58.2. The molecule has 0 aliphatic heterocycles. The van der Waals surface area contributed by atoms with Crippen LogP contribution in [0.1, 0.15) is 302 Å². The van der Waals surface area contributed by atoms with E-state index in [1.807, 2.05) is 0 Å². The molecular formula is C117H138N4+4. The molecule has 0 N–H and O–H groups in total. The molecular weight excluding hydrogens is 1460 g/mol. The first kappa shape index (κ1) is 83.6. The van der Waals surface area contributed by atoms with E-state index in [-0.39, 0.29) is 0 Å². The maximum atomic E-state index is 2.54. The fourth-order valence-corrected chi connectivity index (χ4v) is 24.1. The molecule has 622 valence electrons. The Morgan fingerprint density at radius 3 is 1.09 bits per heavy atom. The van der Waals surface area contributed by atoms with Crippen LogP contribution < -0.4 is 18.3 Å². The summed E-state index contributed by atoms with van der Waals surface area (Å²) in [5, 5.41) is 0. The molecule has 0 spiro atoms. The van der Waals surface area contributed by atoms with Crippen molar-refractivity contribution in [2.75, 3.05) is 0 Å². The van der Waals surface area contributed by atoms with Gasteiger partial charge in [-0.25, -0.2) is 18.3 Å². The number of fused-ring (bicyclic) bond motifs is 12. The van der Waals surface area contributed by atoms with Gasteiger partial charge in [0, 0.05) is 46.5 Å². The quantitative estimate of drug-likeness (QED) is 0.135. The number of rotatable bonds is 8. The largest absolute Gasteiger partial charge is 0.213 e. The van der Waals surface area contributed by atoms with Crippen molar-refractivity contribution in [3.63, 3.8) is 0 Å². The van der Waals surface area contributed by atoms with Crippen LogP contribution in [0, 0.1) is 92.4 Å². The monoisotopic (exact) mass is 1600 g/mol. The topological polar surface area (TPSA) is 15.5 Å². The van der Waals surface area contributed by atoms with Crippen molar-refractivity contribution in [1.82, 2.24) is 0 Å². The van der Waals surface area contributed by atoms with E-state index in [2.05, 4.69) is 341 Å². The Bertz CT molecular complexity index is 6040. The smallest absolute Gasteiger partial charge is 0.201 e. The summed E-state index contributed by atoms with van der Waals surface area (Å²) in [6.07, 6.45) is 36.6. The van der Waals surface area contributed by atoms with Crippen molar-refractivity contribution in [2.45, 2.75) is 276 Å². The molecule has 20 rings (SSSR count). The molecule has 4 heteroatoms. The van der Waals surface area contributed by atoms with E-state index in [1.165, 1.54) is 304 Å². The third-order valence-corrected chi connectivity index (χ3v) is 31.2. The highest BCUT2D eigenvalue weighted by molar-refractivity contribution is 5.90. The second-order valence-corrected chi connectivity index (χ2v) is 41.6. The average Bonchev–Trinajstić information content (AvgIpc) is 1.71. The van der Waals surface area contributed by atoms with Crippen LogP contribution in [-0.2, 0) is 53.9 Å². The molecule has 8 aliphatic carbocycles. The molecule has 121 heavy (non-hydrogen) atoms. The predicted molar refractivity (Wildman–Crippen MR) is 508 cm³/mol. The molecule has 4 fully saturated rings. The molecule has 4 aromatic heterocycles. The Balaban J connectivity index is 0.000000115. The van der Waals surface area contributed by atoms with Crippen LogP contribution in [0.15, 0.2) is 176 Å². The minimum Gasteiger partial charge on any atom is -0.201 e. The lowest BCUT2D eigenvalue weighted by atomic mass is 9.70. The van der Waals surface area contributed by atoms with E-state index in [0.717, 1.165) is 31.6 Å². The first-order chi connectivity index (χ1) is 57.9. The first-order valence-electron chi connectivity index (χ1n) is 46.8. The number of hydrogen-bond donors (Lipinski definition) is 0. The van der Waals surface area contributed by atoms with Gasteiger partial charge in [-0.1, -0.05) is 188 Å². The van der Waals surface area contributed by atoms with Crippen LogP contribution in [0.4, 0.5) is 0 Å². The van der Waals surface area contributed by atoms with Crippen molar-refractivity contribution >= 4 is 0 Å². The summed E-state index contributed by atoms with van der Waals surface area (Å²) < 4.78 is 9.49. The van der Waals surface area contributed by atoms with E-state index < -0.39 is 0 Å².